The number of halogens is 1. The van der Waals surface area contributed by atoms with Gasteiger partial charge in [-0.15, -0.1) is 0 Å². The van der Waals surface area contributed by atoms with Gasteiger partial charge in [-0.25, -0.2) is 0 Å². The minimum absolute atomic E-state index is 0.587. The van der Waals surface area contributed by atoms with Crippen LogP contribution in [0.25, 0.3) is 0 Å². The van der Waals surface area contributed by atoms with Crippen LogP contribution in [0.5, 0.6) is 0 Å². The van der Waals surface area contributed by atoms with Crippen LogP contribution >= 0.6 is 11.6 Å². The average molecular weight is 284 g/mol. The summed E-state index contributed by atoms with van der Waals surface area (Å²) >= 11 is 5.87. The third kappa shape index (κ3) is 2.10. The summed E-state index contributed by atoms with van der Waals surface area (Å²) < 4.78 is 0. The molecule has 3 rings (SSSR count). The topological polar surface area (TPSA) is 44.0 Å². The van der Waals surface area contributed by atoms with Gasteiger partial charge in [-0.05, 0) is 41.7 Å². The maximum Gasteiger partial charge on any atom is 0.0982 e. The molecule has 0 saturated carbocycles. The zero-order valence-electron chi connectivity index (χ0n) is 10.9. The van der Waals surface area contributed by atoms with Crippen LogP contribution < -0.4 is 0 Å². The molecule has 2 aromatic carbocycles. The Hall–Kier alpha value is -1.82. The lowest BCUT2D eigenvalue weighted by atomic mass is 9.77. The summed E-state index contributed by atoms with van der Waals surface area (Å²) in [5.74, 6) is 0. The molecule has 0 heterocycles. The van der Waals surface area contributed by atoms with Crippen LogP contribution in [0, 0.1) is 16.7 Å². The van der Waals surface area contributed by atoms with Crippen molar-refractivity contribution in [3.63, 3.8) is 0 Å². The molecule has 1 atom stereocenters. The van der Waals surface area contributed by atoms with E-state index in [4.69, 9.17) is 11.6 Å². The van der Waals surface area contributed by atoms with Gasteiger partial charge in [-0.1, -0.05) is 48.0 Å². The van der Waals surface area contributed by atoms with E-state index in [9.17, 15) is 10.4 Å². The van der Waals surface area contributed by atoms with Crippen LogP contribution in [0.4, 0.5) is 0 Å². The summed E-state index contributed by atoms with van der Waals surface area (Å²) in [6.07, 6.45) is 0.365. The van der Waals surface area contributed by atoms with Crippen molar-refractivity contribution < 1.29 is 5.11 Å². The highest BCUT2D eigenvalue weighted by Crippen LogP contribution is 2.45. The summed E-state index contributed by atoms with van der Waals surface area (Å²) in [5.41, 5.74) is 2.27. The van der Waals surface area contributed by atoms with Crippen LogP contribution in [-0.2, 0) is 12.8 Å². The first-order chi connectivity index (χ1) is 9.64. The molecule has 2 nitrogen and oxygen atoms in total. The summed E-state index contributed by atoms with van der Waals surface area (Å²) in [7, 11) is 0. The third-order valence-corrected chi connectivity index (χ3v) is 4.31. The number of fused-ring (bicyclic) bond motifs is 1. The molecule has 100 valence electrons. The normalized spacial score (nSPS) is 17.2. The molecule has 0 bridgehead atoms. The van der Waals surface area contributed by atoms with E-state index in [2.05, 4.69) is 6.07 Å². The van der Waals surface area contributed by atoms with E-state index < -0.39 is 11.5 Å². The number of nitrogens with zero attached hydrogens (tertiary/aromatic N) is 1. The van der Waals surface area contributed by atoms with Gasteiger partial charge in [0.2, 0.25) is 0 Å². The van der Waals surface area contributed by atoms with Crippen LogP contribution in [0.1, 0.15) is 22.8 Å². The number of rotatable bonds is 2. The molecule has 3 heteroatoms. The molecule has 0 amide bonds. The van der Waals surface area contributed by atoms with E-state index in [1.54, 1.807) is 24.3 Å². The fourth-order valence-electron chi connectivity index (χ4n) is 2.94. The van der Waals surface area contributed by atoms with Crippen molar-refractivity contribution >= 4 is 11.6 Å². The van der Waals surface area contributed by atoms with Gasteiger partial charge in [0, 0.05) is 5.02 Å². The number of hydrogen-bond donors (Lipinski definition) is 1. The predicted molar refractivity (Wildman–Crippen MR) is 78.3 cm³/mol. The molecule has 2 aromatic rings. The van der Waals surface area contributed by atoms with Crippen molar-refractivity contribution in [2.75, 3.05) is 0 Å². The second-order valence-electron chi connectivity index (χ2n) is 5.34. The Morgan fingerprint density at radius 2 is 1.60 bits per heavy atom. The molecule has 0 fully saturated rings. The lowest BCUT2D eigenvalue weighted by Crippen LogP contribution is -2.28. The maximum atomic E-state index is 10.7. The molecule has 1 aliphatic carbocycles. The molecule has 1 N–H and O–H groups in total. The zero-order valence-corrected chi connectivity index (χ0v) is 11.6. The summed E-state index contributed by atoms with van der Waals surface area (Å²) in [5, 5.41) is 20.9. The molecule has 0 radical (unpaired) electrons. The Kier molecular flexibility index (Phi) is 3.25. The quantitative estimate of drug-likeness (QED) is 0.914. The predicted octanol–water partition coefficient (Wildman–Crippen LogP) is 3.68. The Morgan fingerprint density at radius 1 is 1.05 bits per heavy atom. The molecule has 20 heavy (non-hydrogen) atoms. The first-order valence-electron chi connectivity index (χ1n) is 6.56. The molecular formula is C17H14ClNO. The molecule has 0 saturated heterocycles. The van der Waals surface area contributed by atoms with Crippen molar-refractivity contribution in [1.82, 2.24) is 0 Å². The maximum absolute atomic E-state index is 10.7. The summed E-state index contributed by atoms with van der Waals surface area (Å²) in [4.78, 5) is 0. The van der Waals surface area contributed by atoms with E-state index in [1.807, 2.05) is 24.3 Å². The van der Waals surface area contributed by atoms with Crippen molar-refractivity contribution in [2.45, 2.75) is 18.9 Å². The highest BCUT2D eigenvalue weighted by molar-refractivity contribution is 6.30. The number of nitriles is 1. The third-order valence-electron chi connectivity index (χ3n) is 4.06. The number of hydrogen-bond acceptors (Lipinski definition) is 2. The van der Waals surface area contributed by atoms with Gasteiger partial charge >= 0.3 is 0 Å². The van der Waals surface area contributed by atoms with Crippen LogP contribution in [0.3, 0.4) is 0 Å². The minimum atomic E-state index is -0.808. The molecule has 0 aliphatic heterocycles. The highest BCUT2D eigenvalue weighted by Gasteiger charge is 2.44. The number of benzene rings is 2. The molecular weight excluding hydrogens is 270 g/mol. The van der Waals surface area contributed by atoms with Gasteiger partial charge in [0.15, 0.2) is 0 Å². The first kappa shape index (κ1) is 13.2. The van der Waals surface area contributed by atoms with Gasteiger partial charge < -0.3 is 5.11 Å². The van der Waals surface area contributed by atoms with E-state index in [0.29, 0.717) is 17.9 Å². The summed E-state index contributed by atoms with van der Waals surface area (Å²) in [6.45, 7) is 0. The zero-order chi connectivity index (χ0) is 14.2. The largest absolute Gasteiger partial charge is 0.387 e. The minimum Gasteiger partial charge on any atom is -0.387 e. The van der Waals surface area contributed by atoms with Crippen LogP contribution in [-0.4, -0.2) is 5.11 Å². The lowest BCUT2D eigenvalue weighted by molar-refractivity contribution is 0.0693. The number of aliphatic hydroxyl groups excluding tert-OH is 1. The van der Waals surface area contributed by atoms with E-state index in [1.165, 1.54) is 0 Å². The van der Waals surface area contributed by atoms with Crippen molar-refractivity contribution in [3.05, 3.63) is 70.2 Å². The molecule has 1 unspecified atom stereocenters. The van der Waals surface area contributed by atoms with Gasteiger partial charge in [-0.2, -0.15) is 5.26 Å². The smallest absolute Gasteiger partial charge is 0.0982 e. The van der Waals surface area contributed by atoms with Gasteiger partial charge in [0.1, 0.15) is 0 Å². The molecule has 0 spiro atoms. The van der Waals surface area contributed by atoms with Gasteiger partial charge in [0.25, 0.3) is 0 Å². The Balaban J connectivity index is 1.96. The SMILES string of the molecule is N#CC1(C(O)c2ccc(Cl)cc2)Cc2ccccc2C1. The van der Waals surface area contributed by atoms with Crippen molar-refractivity contribution in [3.8, 4) is 6.07 Å². The van der Waals surface area contributed by atoms with Crippen LogP contribution in [0.15, 0.2) is 48.5 Å². The van der Waals surface area contributed by atoms with Crippen molar-refractivity contribution in [1.29, 1.82) is 5.26 Å². The summed E-state index contributed by atoms with van der Waals surface area (Å²) in [6, 6.07) is 17.4. The van der Waals surface area contributed by atoms with Gasteiger partial charge in [-0.3, -0.25) is 0 Å². The average Bonchev–Trinajstić information content (AvgIpc) is 2.87. The monoisotopic (exact) mass is 283 g/mol. The van der Waals surface area contributed by atoms with Crippen molar-refractivity contribution in [2.24, 2.45) is 5.41 Å². The number of aliphatic hydroxyl groups is 1. The fourth-order valence-corrected chi connectivity index (χ4v) is 3.07. The van der Waals surface area contributed by atoms with Crippen LogP contribution in [0.2, 0.25) is 5.02 Å². The molecule has 0 aromatic heterocycles. The van der Waals surface area contributed by atoms with Gasteiger partial charge in [0.05, 0.1) is 17.6 Å². The highest BCUT2D eigenvalue weighted by atomic mass is 35.5. The Bertz CT molecular complexity index is 647. The fraction of sp³-hybridized carbons (Fsp3) is 0.235. The van der Waals surface area contributed by atoms with E-state index >= 15 is 0 Å². The Labute approximate surface area is 123 Å². The van der Waals surface area contributed by atoms with E-state index in [0.717, 1.165) is 16.7 Å². The lowest BCUT2D eigenvalue weighted by Gasteiger charge is -2.27. The first-order valence-corrected chi connectivity index (χ1v) is 6.94. The van der Waals surface area contributed by atoms with E-state index in [-0.39, 0.29) is 0 Å². The Morgan fingerprint density at radius 3 is 2.10 bits per heavy atom. The standard InChI is InChI=1S/C17H14ClNO/c18-15-7-5-12(6-8-15)16(20)17(11-19)9-13-3-1-2-4-14(13)10-17/h1-8,16,20H,9-10H2. The second kappa shape index (κ2) is 4.94. The second-order valence-corrected chi connectivity index (χ2v) is 5.78. The molecule has 1 aliphatic rings.